The van der Waals surface area contributed by atoms with Crippen molar-refractivity contribution in [1.82, 2.24) is 9.78 Å². The number of rotatable bonds is 6. The lowest BCUT2D eigenvalue weighted by atomic mass is 10.1. The fourth-order valence-electron chi connectivity index (χ4n) is 3.01. The standard InChI is InChI=1S/C23H24N2O2/c1-16-5-9-20(10-6-16)22(26)11-7-19-8-12-23(27-4)21(14-19)15-25-18(3)13-17(2)24-25/h5-14H,15H2,1-4H3/b11-7+. The number of hydrogen-bond donors (Lipinski definition) is 0. The zero-order valence-corrected chi connectivity index (χ0v) is 16.2. The van der Waals surface area contributed by atoms with E-state index >= 15 is 0 Å². The van der Waals surface area contributed by atoms with Crippen LogP contribution >= 0.6 is 0 Å². The van der Waals surface area contributed by atoms with Crippen molar-refractivity contribution in [3.63, 3.8) is 0 Å². The molecule has 0 radical (unpaired) electrons. The Morgan fingerprint density at radius 1 is 1.07 bits per heavy atom. The first-order chi connectivity index (χ1) is 13.0. The van der Waals surface area contributed by atoms with Crippen LogP contribution in [0.4, 0.5) is 0 Å². The van der Waals surface area contributed by atoms with Gasteiger partial charge in [-0.15, -0.1) is 0 Å². The van der Waals surface area contributed by atoms with Gasteiger partial charge in [0.05, 0.1) is 19.3 Å². The van der Waals surface area contributed by atoms with Crippen molar-refractivity contribution in [3.05, 3.63) is 88.2 Å². The van der Waals surface area contributed by atoms with E-state index in [-0.39, 0.29) is 5.78 Å². The van der Waals surface area contributed by atoms with E-state index in [9.17, 15) is 4.79 Å². The number of allylic oxidation sites excluding steroid dienone is 1. The lowest BCUT2D eigenvalue weighted by Gasteiger charge is -2.11. The zero-order chi connectivity index (χ0) is 19.4. The highest BCUT2D eigenvalue weighted by atomic mass is 16.5. The number of ketones is 1. The third-order valence-electron chi connectivity index (χ3n) is 4.49. The molecule has 0 unspecified atom stereocenters. The number of methoxy groups -OCH3 is 1. The average Bonchev–Trinajstić information content (AvgIpc) is 2.97. The Labute approximate surface area is 160 Å². The molecule has 0 amide bonds. The summed E-state index contributed by atoms with van der Waals surface area (Å²) in [6, 6.07) is 15.6. The van der Waals surface area contributed by atoms with Gasteiger partial charge in [0.25, 0.3) is 0 Å². The lowest BCUT2D eigenvalue weighted by Crippen LogP contribution is -2.05. The smallest absolute Gasteiger partial charge is 0.185 e. The summed E-state index contributed by atoms with van der Waals surface area (Å²) in [5.74, 6) is 0.801. The van der Waals surface area contributed by atoms with Gasteiger partial charge in [0.1, 0.15) is 5.75 Å². The summed E-state index contributed by atoms with van der Waals surface area (Å²) < 4.78 is 7.45. The van der Waals surface area contributed by atoms with Gasteiger partial charge in [0.15, 0.2) is 5.78 Å². The van der Waals surface area contributed by atoms with Crippen LogP contribution in [0, 0.1) is 20.8 Å². The Morgan fingerprint density at radius 3 is 2.44 bits per heavy atom. The summed E-state index contributed by atoms with van der Waals surface area (Å²) in [4.78, 5) is 12.4. The second-order valence-electron chi connectivity index (χ2n) is 6.72. The molecule has 4 nitrogen and oxygen atoms in total. The predicted molar refractivity (Wildman–Crippen MR) is 108 cm³/mol. The van der Waals surface area contributed by atoms with Gasteiger partial charge in [-0.25, -0.2) is 0 Å². The van der Waals surface area contributed by atoms with Gasteiger partial charge in [-0.2, -0.15) is 5.10 Å². The van der Waals surface area contributed by atoms with Gasteiger partial charge >= 0.3 is 0 Å². The van der Waals surface area contributed by atoms with Crippen LogP contribution in [-0.4, -0.2) is 22.7 Å². The van der Waals surface area contributed by atoms with Crippen LogP contribution in [0.1, 0.15) is 38.4 Å². The van der Waals surface area contributed by atoms with E-state index in [0.29, 0.717) is 12.1 Å². The fraction of sp³-hybridized carbons (Fsp3) is 0.217. The zero-order valence-electron chi connectivity index (χ0n) is 16.2. The molecule has 0 atom stereocenters. The lowest BCUT2D eigenvalue weighted by molar-refractivity contribution is 0.104. The van der Waals surface area contributed by atoms with Gasteiger partial charge in [0.2, 0.25) is 0 Å². The fourth-order valence-corrected chi connectivity index (χ4v) is 3.01. The summed E-state index contributed by atoms with van der Waals surface area (Å²) in [5.41, 5.74) is 5.89. The van der Waals surface area contributed by atoms with Crippen molar-refractivity contribution in [2.45, 2.75) is 27.3 Å². The molecule has 4 heteroatoms. The summed E-state index contributed by atoms with van der Waals surface area (Å²) >= 11 is 0. The first-order valence-corrected chi connectivity index (χ1v) is 8.93. The number of hydrogen-bond acceptors (Lipinski definition) is 3. The monoisotopic (exact) mass is 360 g/mol. The van der Waals surface area contributed by atoms with Crippen molar-refractivity contribution in [1.29, 1.82) is 0 Å². The highest BCUT2D eigenvalue weighted by Gasteiger charge is 2.08. The Balaban J connectivity index is 1.83. The third-order valence-corrected chi connectivity index (χ3v) is 4.49. The second kappa shape index (κ2) is 8.04. The summed E-state index contributed by atoms with van der Waals surface area (Å²) in [7, 11) is 1.66. The van der Waals surface area contributed by atoms with Gasteiger partial charge in [-0.1, -0.05) is 42.0 Å². The summed E-state index contributed by atoms with van der Waals surface area (Å²) in [6.07, 6.45) is 3.45. The third kappa shape index (κ3) is 4.53. The van der Waals surface area contributed by atoms with Crippen LogP contribution in [0.2, 0.25) is 0 Å². The molecule has 138 valence electrons. The molecule has 3 aromatic rings. The summed E-state index contributed by atoms with van der Waals surface area (Å²) in [5, 5.41) is 4.52. The van der Waals surface area contributed by atoms with E-state index < -0.39 is 0 Å². The first-order valence-electron chi connectivity index (χ1n) is 8.93. The molecule has 1 aromatic heterocycles. The van der Waals surface area contributed by atoms with E-state index in [2.05, 4.69) is 11.2 Å². The van der Waals surface area contributed by atoms with Crippen LogP contribution in [0.25, 0.3) is 6.08 Å². The van der Waals surface area contributed by atoms with Crippen LogP contribution in [0.3, 0.4) is 0 Å². The molecule has 3 rings (SSSR count). The first kappa shape index (κ1) is 18.6. The van der Waals surface area contributed by atoms with Gasteiger partial charge < -0.3 is 4.74 Å². The van der Waals surface area contributed by atoms with Crippen LogP contribution in [0.5, 0.6) is 5.75 Å². The Morgan fingerprint density at radius 2 is 1.81 bits per heavy atom. The van der Waals surface area contributed by atoms with Crippen molar-refractivity contribution in [3.8, 4) is 5.75 Å². The van der Waals surface area contributed by atoms with E-state index in [4.69, 9.17) is 4.74 Å². The van der Waals surface area contributed by atoms with Crippen LogP contribution in [-0.2, 0) is 6.54 Å². The van der Waals surface area contributed by atoms with Crippen molar-refractivity contribution < 1.29 is 9.53 Å². The van der Waals surface area contributed by atoms with Gasteiger partial charge in [-0.3, -0.25) is 9.48 Å². The molecule has 0 saturated carbocycles. The molecule has 0 saturated heterocycles. The minimum atomic E-state index is -0.00841. The molecule has 0 aliphatic carbocycles. The van der Waals surface area contributed by atoms with E-state index in [1.807, 2.05) is 74.0 Å². The van der Waals surface area contributed by atoms with Crippen LogP contribution < -0.4 is 4.74 Å². The minimum Gasteiger partial charge on any atom is -0.496 e. The maximum absolute atomic E-state index is 12.4. The number of aromatic nitrogens is 2. The molecule has 0 bridgehead atoms. The average molecular weight is 360 g/mol. The Hall–Kier alpha value is -3.14. The Bertz CT molecular complexity index is 982. The van der Waals surface area contributed by atoms with Crippen molar-refractivity contribution >= 4 is 11.9 Å². The molecule has 0 aliphatic rings. The minimum absolute atomic E-state index is 0.00841. The summed E-state index contributed by atoms with van der Waals surface area (Å²) in [6.45, 7) is 6.65. The molecule has 0 N–H and O–H groups in total. The van der Waals surface area contributed by atoms with E-state index in [0.717, 1.165) is 33.8 Å². The quantitative estimate of drug-likeness (QED) is 0.470. The highest BCUT2D eigenvalue weighted by molar-refractivity contribution is 6.06. The van der Waals surface area contributed by atoms with Gasteiger partial charge in [-0.05, 0) is 50.6 Å². The molecule has 0 spiro atoms. The Kier molecular flexibility index (Phi) is 5.55. The normalized spacial score (nSPS) is 11.1. The maximum Gasteiger partial charge on any atom is 0.185 e. The van der Waals surface area contributed by atoms with Crippen LogP contribution in [0.15, 0.2) is 54.6 Å². The number of benzene rings is 2. The SMILES string of the molecule is COc1ccc(/C=C/C(=O)c2ccc(C)cc2)cc1Cn1nc(C)cc1C. The van der Waals surface area contributed by atoms with Gasteiger partial charge in [0, 0.05) is 16.8 Å². The second-order valence-corrected chi connectivity index (χ2v) is 6.72. The molecule has 0 aliphatic heterocycles. The molecule has 2 aromatic carbocycles. The van der Waals surface area contributed by atoms with Crippen molar-refractivity contribution in [2.24, 2.45) is 0 Å². The molecular weight excluding hydrogens is 336 g/mol. The molecule has 27 heavy (non-hydrogen) atoms. The topological polar surface area (TPSA) is 44.1 Å². The molecular formula is C23H24N2O2. The van der Waals surface area contributed by atoms with Crippen molar-refractivity contribution in [2.75, 3.05) is 7.11 Å². The number of ether oxygens (including phenoxy) is 1. The molecule has 1 heterocycles. The number of aryl methyl sites for hydroxylation is 3. The maximum atomic E-state index is 12.4. The number of nitrogens with zero attached hydrogens (tertiary/aromatic N) is 2. The van der Waals surface area contributed by atoms with E-state index in [1.165, 1.54) is 0 Å². The molecule has 0 fully saturated rings. The number of carbonyl (C=O) groups is 1. The predicted octanol–water partition coefficient (Wildman–Crippen LogP) is 4.76. The highest BCUT2D eigenvalue weighted by Crippen LogP contribution is 2.22. The van der Waals surface area contributed by atoms with E-state index in [1.54, 1.807) is 13.2 Å². The largest absolute Gasteiger partial charge is 0.496 e. The number of carbonyl (C=O) groups excluding carboxylic acids is 1.